The molecule has 3 heterocycles. The van der Waals surface area contributed by atoms with Crippen LogP contribution < -0.4 is 9.47 Å². The van der Waals surface area contributed by atoms with Gasteiger partial charge in [0.25, 0.3) is 0 Å². The molecule has 0 N–H and O–H groups in total. The van der Waals surface area contributed by atoms with E-state index in [4.69, 9.17) is 14.5 Å². The molecule has 136 valence electrons. The molecule has 1 aliphatic rings. The van der Waals surface area contributed by atoms with Crippen LogP contribution >= 0.6 is 0 Å². The number of likely N-dealkylation sites (tertiary alicyclic amines) is 1. The molecule has 26 heavy (non-hydrogen) atoms. The van der Waals surface area contributed by atoms with Crippen LogP contribution in [-0.4, -0.2) is 41.6 Å². The van der Waals surface area contributed by atoms with Crippen LogP contribution in [0.3, 0.4) is 0 Å². The van der Waals surface area contributed by atoms with Crippen LogP contribution in [0.2, 0.25) is 0 Å². The van der Waals surface area contributed by atoms with Gasteiger partial charge < -0.3 is 13.9 Å². The van der Waals surface area contributed by atoms with Crippen LogP contribution in [0.25, 0.3) is 5.52 Å². The topological polar surface area (TPSA) is 39.0 Å². The van der Waals surface area contributed by atoms with Crippen molar-refractivity contribution in [2.45, 2.75) is 25.8 Å². The van der Waals surface area contributed by atoms with Crippen molar-refractivity contribution in [2.75, 3.05) is 27.3 Å². The highest BCUT2D eigenvalue weighted by molar-refractivity contribution is 5.55. The van der Waals surface area contributed by atoms with Crippen molar-refractivity contribution in [3.05, 3.63) is 59.7 Å². The molecule has 5 heteroatoms. The van der Waals surface area contributed by atoms with Crippen molar-refractivity contribution in [1.82, 2.24) is 14.3 Å². The molecule has 0 radical (unpaired) electrons. The Morgan fingerprint density at radius 2 is 1.88 bits per heavy atom. The first-order valence-corrected chi connectivity index (χ1v) is 9.06. The van der Waals surface area contributed by atoms with E-state index in [1.54, 1.807) is 14.2 Å². The first kappa shape index (κ1) is 16.9. The van der Waals surface area contributed by atoms with E-state index in [0.717, 1.165) is 43.4 Å². The molecular weight excluding hydrogens is 326 g/mol. The fourth-order valence-corrected chi connectivity index (χ4v) is 3.94. The van der Waals surface area contributed by atoms with Crippen LogP contribution in [-0.2, 0) is 6.54 Å². The number of benzene rings is 1. The molecule has 1 aromatic carbocycles. The summed E-state index contributed by atoms with van der Waals surface area (Å²) >= 11 is 0. The Labute approximate surface area is 154 Å². The van der Waals surface area contributed by atoms with Crippen LogP contribution in [0.15, 0.2) is 42.6 Å². The molecule has 4 rings (SSSR count). The van der Waals surface area contributed by atoms with Gasteiger partial charge in [-0.15, -0.1) is 0 Å². The van der Waals surface area contributed by atoms with E-state index in [-0.39, 0.29) is 0 Å². The maximum atomic E-state index is 5.39. The summed E-state index contributed by atoms with van der Waals surface area (Å²) in [7, 11) is 3.38. The minimum Gasteiger partial charge on any atom is -0.497 e. The fourth-order valence-electron chi connectivity index (χ4n) is 3.94. The molecule has 0 aliphatic carbocycles. The molecule has 0 spiro atoms. The monoisotopic (exact) mass is 351 g/mol. The highest BCUT2D eigenvalue weighted by Gasteiger charge is 2.27. The molecule has 1 unspecified atom stereocenters. The van der Waals surface area contributed by atoms with Gasteiger partial charge in [0.05, 0.1) is 25.4 Å². The summed E-state index contributed by atoms with van der Waals surface area (Å²) in [5, 5.41) is 0. The standard InChI is InChI=1S/C21H25N3O2/c1-15-22-21(20-6-4-5-8-24(15)20)17-7-9-23(14-17)13-16-10-18(25-2)12-19(11-16)26-3/h4-6,8,10-12,17H,7,9,13-14H2,1-3H3. The Morgan fingerprint density at radius 3 is 2.62 bits per heavy atom. The first-order valence-electron chi connectivity index (χ1n) is 9.06. The molecule has 1 atom stereocenters. The summed E-state index contributed by atoms with van der Waals surface area (Å²) in [6.07, 6.45) is 3.23. The second-order valence-electron chi connectivity index (χ2n) is 6.94. The third-order valence-electron chi connectivity index (χ3n) is 5.23. The van der Waals surface area contributed by atoms with E-state index in [9.17, 15) is 0 Å². The van der Waals surface area contributed by atoms with E-state index in [1.807, 2.05) is 6.07 Å². The molecule has 1 fully saturated rings. The molecule has 5 nitrogen and oxygen atoms in total. The van der Waals surface area contributed by atoms with Crippen LogP contribution in [0.1, 0.15) is 29.4 Å². The Hall–Kier alpha value is -2.53. The summed E-state index contributed by atoms with van der Waals surface area (Å²) in [6, 6.07) is 12.4. The molecule has 0 amide bonds. The third kappa shape index (κ3) is 3.15. The highest BCUT2D eigenvalue weighted by Crippen LogP contribution is 2.31. The lowest BCUT2D eigenvalue weighted by atomic mass is 10.0. The zero-order chi connectivity index (χ0) is 18.1. The smallest absolute Gasteiger partial charge is 0.122 e. The van der Waals surface area contributed by atoms with Gasteiger partial charge in [-0.3, -0.25) is 4.90 Å². The van der Waals surface area contributed by atoms with Crippen molar-refractivity contribution >= 4 is 5.52 Å². The lowest BCUT2D eigenvalue weighted by molar-refractivity contribution is 0.324. The van der Waals surface area contributed by atoms with Crippen molar-refractivity contribution in [2.24, 2.45) is 0 Å². The number of fused-ring (bicyclic) bond motifs is 1. The maximum Gasteiger partial charge on any atom is 0.122 e. The quantitative estimate of drug-likeness (QED) is 0.703. The van der Waals surface area contributed by atoms with Crippen molar-refractivity contribution < 1.29 is 9.47 Å². The van der Waals surface area contributed by atoms with E-state index in [1.165, 1.54) is 16.8 Å². The maximum absolute atomic E-state index is 5.39. The molecule has 2 aromatic heterocycles. The number of aromatic nitrogens is 2. The van der Waals surface area contributed by atoms with Crippen molar-refractivity contribution in [1.29, 1.82) is 0 Å². The number of pyridine rings is 1. The third-order valence-corrected chi connectivity index (χ3v) is 5.23. The van der Waals surface area contributed by atoms with E-state index in [0.29, 0.717) is 5.92 Å². The van der Waals surface area contributed by atoms with Crippen molar-refractivity contribution in [3.8, 4) is 11.5 Å². The normalized spacial score (nSPS) is 17.7. The lowest BCUT2D eigenvalue weighted by Crippen LogP contribution is -2.20. The van der Waals surface area contributed by atoms with Gasteiger partial charge in [-0.1, -0.05) is 6.07 Å². The first-order chi connectivity index (χ1) is 12.7. The summed E-state index contributed by atoms with van der Waals surface area (Å²) in [6.45, 7) is 5.08. The van der Waals surface area contributed by atoms with Gasteiger partial charge in [-0.2, -0.15) is 0 Å². The highest BCUT2D eigenvalue weighted by atomic mass is 16.5. The van der Waals surface area contributed by atoms with Crippen LogP contribution in [0.5, 0.6) is 11.5 Å². The van der Waals surface area contributed by atoms with Gasteiger partial charge in [-0.05, 0) is 49.7 Å². The summed E-state index contributed by atoms with van der Waals surface area (Å²) in [5.41, 5.74) is 3.68. The Bertz CT molecular complexity index is 897. The van der Waals surface area contributed by atoms with Gasteiger partial charge in [0.15, 0.2) is 0 Å². The second-order valence-corrected chi connectivity index (χ2v) is 6.94. The average Bonchev–Trinajstić information content (AvgIpc) is 3.26. The van der Waals surface area contributed by atoms with E-state index in [2.05, 4.69) is 52.8 Å². The Morgan fingerprint density at radius 1 is 1.12 bits per heavy atom. The number of ether oxygens (including phenoxy) is 2. The van der Waals surface area contributed by atoms with Gasteiger partial charge in [0, 0.05) is 31.3 Å². The minimum absolute atomic E-state index is 0.480. The SMILES string of the molecule is COc1cc(CN2CCC(c3nc(C)n4ccccc34)C2)cc(OC)c1. The molecule has 0 bridgehead atoms. The number of hydrogen-bond acceptors (Lipinski definition) is 4. The van der Waals surface area contributed by atoms with Gasteiger partial charge in [-0.25, -0.2) is 4.98 Å². The molecule has 3 aromatic rings. The van der Waals surface area contributed by atoms with E-state index < -0.39 is 0 Å². The Kier molecular flexibility index (Phi) is 4.55. The number of rotatable bonds is 5. The number of nitrogens with zero attached hydrogens (tertiary/aromatic N) is 3. The van der Waals surface area contributed by atoms with Crippen LogP contribution in [0, 0.1) is 6.92 Å². The summed E-state index contributed by atoms with van der Waals surface area (Å²) < 4.78 is 13.0. The van der Waals surface area contributed by atoms with Gasteiger partial charge >= 0.3 is 0 Å². The average molecular weight is 351 g/mol. The summed E-state index contributed by atoms with van der Waals surface area (Å²) in [4.78, 5) is 7.35. The van der Waals surface area contributed by atoms with Crippen molar-refractivity contribution in [3.63, 3.8) is 0 Å². The zero-order valence-electron chi connectivity index (χ0n) is 15.6. The van der Waals surface area contributed by atoms with Gasteiger partial charge in [0.1, 0.15) is 17.3 Å². The van der Waals surface area contributed by atoms with Crippen LogP contribution in [0.4, 0.5) is 0 Å². The number of hydrogen-bond donors (Lipinski definition) is 0. The minimum atomic E-state index is 0.480. The number of aryl methyl sites for hydroxylation is 1. The molecule has 1 saturated heterocycles. The van der Waals surface area contributed by atoms with Gasteiger partial charge in [0.2, 0.25) is 0 Å². The molecular formula is C21H25N3O2. The largest absolute Gasteiger partial charge is 0.497 e. The predicted octanol–water partition coefficient (Wildman–Crippen LogP) is 3.65. The second kappa shape index (κ2) is 7.00. The summed E-state index contributed by atoms with van der Waals surface area (Å²) in [5.74, 6) is 3.22. The number of imidazole rings is 1. The van der Waals surface area contributed by atoms with E-state index >= 15 is 0 Å². The lowest BCUT2D eigenvalue weighted by Gasteiger charge is -2.17. The predicted molar refractivity (Wildman–Crippen MR) is 102 cm³/mol. The molecule has 1 aliphatic heterocycles. The molecule has 0 saturated carbocycles. The fraction of sp³-hybridized carbons (Fsp3) is 0.381. The number of methoxy groups -OCH3 is 2. The zero-order valence-corrected chi connectivity index (χ0v) is 15.6. The Balaban J connectivity index is 1.52.